The van der Waals surface area contributed by atoms with Gasteiger partial charge in [0.25, 0.3) is 5.91 Å². The second-order valence-electron chi connectivity index (χ2n) is 5.22. The minimum absolute atomic E-state index is 0.287. The van der Waals surface area contributed by atoms with Crippen LogP contribution in [0.25, 0.3) is 0 Å². The summed E-state index contributed by atoms with van der Waals surface area (Å²) in [6.45, 7) is -0.681. The molecule has 25 heavy (non-hydrogen) atoms. The molecule has 0 radical (unpaired) electrons. The SMILES string of the molecule is NC(=O)COc1ccc2c(c1CO)OB(O)[C@@H](Sc1nnc(N)s1)C2. The zero-order chi connectivity index (χ0) is 18.0. The van der Waals surface area contributed by atoms with Gasteiger partial charge in [0.2, 0.25) is 5.13 Å². The van der Waals surface area contributed by atoms with Crippen molar-refractivity contribution >= 4 is 41.3 Å². The molecule has 2 heterocycles. The maximum Gasteiger partial charge on any atom is 0.537 e. The first kappa shape index (κ1) is 17.8. The topological polar surface area (TPSA) is 154 Å². The summed E-state index contributed by atoms with van der Waals surface area (Å²) in [7, 11) is -1.11. The highest BCUT2D eigenvalue weighted by Gasteiger charge is 2.38. The van der Waals surface area contributed by atoms with Crippen molar-refractivity contribution in [2.45, 2.75) is 22.5 Å². The van der Waals surface area contributed by atoms with Crippen LogP contribution in [0.4, 0.5) is 5.13 Å². The maximum atomic E-state index is 10.9. The molecular weight excluding hydrogens is 367 g/mol. The third-order valence-electron chi connectivity index (χ3n) is 3.48. The van der Waals surface area contributed by atoms with Crippen molar-refractivity contribution in [2.24, 2.45) is 5.73 Å². The van der Waals surface area contributed by atoms with Gasteiger partial charge in [0, 0.05) is 0 Å². The molecule has 12 heteroatoms. The number of thioether (sulfide) groups is 1. The van der Waals surface area contributed by atoms with Gasteiger partial charge in [-0.3, -0.25) is 4.79 Å². The molecule has 2 aromatic rings. The van der Waals surface area contributed by atoms with Crippen LogP contribution in [-0.2, 0) is 17.8 Å². The lowest BCUT2D eigenvalue weighted by atomic mass is 9.77. The lowest BCUT2D eigenvalue weighted by molar-refractivity contribution is -0.119. The maximum absolute atomic E-state index is 10.9. The Balaban J connectivity index is 1.82. The Bertz CT molecular complexity index is 790. The third-order valence-corrected chi connectivity index (χ3v) is 5.55. The molecule has 1 amide bonds. The van der Waals surface area contributed by atoms with Crippen LogP contribution in [0.2, 0.25) is 0 Å². The second kappa shape index (κ2) is 7.48. The highest BCUT2D eigenvalue weighted by atomic mass is 32.2. The average molecular weight is 382 g/mol. The van der Waals surface area contributed by atoms with E-state index in [0.29, 0.717) is 27.2 Å². The minimum Gasteiger partial charge on any atom is -0.535 e. The van der Waals surface area contributed by atoms with Gasteiger partial charge < -0.3 is 31.0 Å². The lowest BCUT2D eigenvalue weighted by Gasteiger charge is -2.28. The number of carbonyl (C=O) groups is 1. The number of ether oxygens (including phenoxy) is 1. The molecule has 0 saturated heterocycles. The predicted octanol–water partition coefficient (Wildman–Crippen LogP) is -0.408. The summed E-state index contributed by atoms with van der Waals surface area (Å²) < 4.78 is 11.5. The van der Waals surface area contributed by atoms with Crippen LogP contribution < -0.4 is 20.9 Å². The Morgan fingerprint density at radius 2 is 2.32 bits per heavy atom. The van der Waals surface area contributed by atoms with Crippen molar-refractivity contribution in [3.63, 3.8) is 0 Å². The van der Waals surface area contributed by atoms with Crippen molar-refractivity contribution < 1.29 is 24.3 Å². The Labute approximate surface area is 151 Å². The number of carbonyl (C=O) groups excluding carboxylic acids is 1. The van der Waals surface area contributed by atoms with Gasteiger partial charge in [0.1, 0.15) is 11.5 Å². The number of aromatic nitrogens is 2. The summed E-state index contributed by atoms with van der Waals surface area (Å²) in [5.74, 6) is 0.0104. The van der Waals surface area contributed by atoms with E-state index in [4.69, 9.17) is 20.9 Å². The van der Waals surface area contributed by atoms with Crippen LogP contribution in [0.1, 0.15) is 11.1 Å². The first-order chi connectivity index (χ1) is 12.0. The molecule has 1 aliphatic rings. The normalized spacial score (nSPS) is 16.2. The number of fused-ring (bicyclic) bond motifs is 1. The van der Waals surface area contributed by atoms with E-state index < -0.39 is 13.0 Å². The Morgan fingerprint density at radius 3 is 2.96 bits per heavy atom. The average Bonchev–Trinajstić information content (AvgIpc) is 2.98. The fourth-order valence-electron chi connectivity index (χ4n) is 2.41. The fraction of sp³-hybridized carbons (Fsp3) is 0.308. The molecule has 0 aliphatic carbocycles. The van der Waals surface area contributed by atoms with E-state index in [0.717, 1.165) is 5.56 Å². The minimum atomic E-state index is -1.11. The third kappa shape index (κ3) is 3.98. The number of aliphatic hydroxyl groups is 1. The van der Waals surface area contributed by atoms with Crippen LogP contribution in [0, 0.1) is 0 Å². The summed E-state index contributed by atoms with van der Waals surface area (Å²) >= 11 is 2.56. The number of benzene rings is 1. The monoisotopic (exact) mass is 382 g/mol. The number of aliphatic hydroxyl groups excluding tert-OH is 1. The summed E-state index contributed by atoms with van der Waals surface area (Å²) in [5.41, 5.74) is 11.8. The molecule has 0 bridgehead atoms. The highest BCUT2D eigenvalue weighted by Crippen LogP contribution is 2.40. The van der Waals surface area contributed by atoms with Crippen LogP contribution >= 0.6 is 23.1 Å². The number of nitrogen functional groups attached to an aromatic ring is 1. The van der Waals surface area contributed by atoms with E-state index in [1.807, 2.05) is 0 Å². The Kier molecular flexibility index (Phi) is 5.32. The molecule has 0 fully saturated rings. The zero-order valence-electron chi connectivity index (χ0n) is 12.9. The van der Waals surface area contributed by atoms with E-state index >= 15 is 0 Å². The highest BCUT2D eigenvalue weighted by molar-refractivity contribution is 8.02. The number of nitrogens with zero attached hydrogens (tertiary/aromatic N) is 2. The Hall–Kier alpha value is -2.02. The second-order valence-corrected chi connectivity index (χ2v) is 7.71. The molecule has 6 N–H and O–H groups in total. The number of anilines is 1. The molecule has 0 saturated carbocycles. The van der Waals surface area contributed by atoms with Gasteiger partial charge in [-0.1, -0.05) is 29.2 Å². The van der Waals surface area contributed by atoms with Gasteiger partial charge in [-0.05, 0) is 18.1 Å². The predicted molar refractivity (Wildman–Crippen MR) is 93.3 cm³/mol. The molecule has 1 aliphatic heterocycles. The summed E-state index contributed by atoms with van der Waals surface area (Å²) in [5, 5.41) is 27.7. The van der Waals surface area contributed by atoms with Gasteiger partial charge in [-0.2, -0.15) is 0 Å². The van der Waals surface area contributed by atoms with Crippen molar-refractivity contribution in [3.8, 4) is 11.5 Å². The van der Waals surface area contributed by atoms with Crippen LogP contribution in [0.15, 0.2) is 16.5 Å². The molecule has 1 atom stereocenters. The van der Waals surface area contributed by atoms with Crippen molar-refractivity contribution in [1.82, 2.24) is 10.2 Å². The number of amides is 1. The summed E-state index contributed by atoms with van der Waals surface area (Å²) in [4.78, 5) is 10.9. The van der Waals surface area contributed by atoms with Gasteiger partial charge in [-0.15, -0.1) is 10.2 Å². The summed E-state index contributed by atoms with van der Waals surface area (Å²) in [6, 6.07) is 3.40. The number of nitrogens with two attached hydrogens (primary N) is 2. The molecule has 3 rings (SSSR count). The van der Waals surface area contributed by atoms with Gasteiger partial charge >= 0.3 is 7.12 Å². The first-order valence-electron chi connectivity index (χ1n) is 7.25. The van der Waals surface area contributed by atoms with E-state index in [9.17, 15) is 14.9 Å². The standard InChI is InChI=1S/C13H15BN4O5S2/c15-10(20)5-22-8-2-1-6-3-9(24-13-18-17-12(16)25-13)14(21)23-11(6)7(8)4-19/h1-2,9,19,21H,3-5H2,(H2,15,20)(H2,16,17)/t9-/m0/s1. The Morgan fingerprint density at radius 1 is 1.52 bits per heavy atom. The van der Waals surface area contributed by atoms with Crippen molar-refractivity contribution in [1.29, 1.82) is 0 Å². The molecule has 0 spiro atoms. The van der Waals surface area contributed by atoms with E-state index in [-0.39, 0.29) is 24.1 Å². The van der Waals surface area contributed by atoms with E-state index in [1.54, 1.807) is 12.1 Å². The molecular formula is C13H15BN4O5S2. The number of hydrogen-bond donors (Lipinski definition) is 4. The van der Waals surface area contributed by atoms with E-state index in [2.05, 4.69) is 10.2 Å². The number of primary amides is 1. The van der Waals surface area contributed by atoms with Crippen LogP contribution in [0.5, 0.6) is 11.5 Å². The van der Waals surface area contributed by atoms with Crippen molar-refractivity contribution in [3.05, 3.63) is 23.3 Å². The van der Waals surface area contributed by atoms with Crippen LogP contribution in [-0.4, -0.2) is 45.1 Å². The van der Waals surface area contributed by atoms with Crippen molar-refractivity contribution in [2.75, 3.05) is 12.3 Å². The van der Waals surface area contributed by atoms with Crippen LogP contribution in [0.3, 0.4) is 0 Å². The van der Waals surface area contributed by atoms with Gasteiger partial charge in [-0.25, -0.2) is 0 Å². The van der Waals surface area contributed by atoms with E-state index in [1.165, 1.54) is 23.1 Å². The number of rotatable bonds is 6. The molecule has 0 unspecified atom stereocenters. The molecule has 1 aromatic heterocycles. The van der Waals surface area contributed by atoms with Gasteiger partial charge in [0.05, 0.1) is 17.3 Å². The molecule has 132 valence electrons. The lowest BCUT2D eigenvalue weighted by Crippen LogP contribution is -2.40. The summed E-state index contributed by atoms with van der Waals surface area (Å²) in [6.07, 6.45) is 0.490. The quantitative estimate of drug-likeness (QED) is 0.488. The fourth-order valence-corrected chi connectivity index (χ4v) is 4.35. The smallest absolute Gasteiger partial charge is 0.535 e. The first-order valence-corrected chi connectivity index (χ1v) is 8.94. The number of hydrogen-bond acceptors (Lipinski definition) is 10. The molecule has 9 nitrogen and oxygen atoms in total. The van der Waals surface area contributed by atoms with Gasteiger partial charge in [0.15, 0.2) is 10.9 Å². The molecule has 1 aromatic carbocycles. The largest absolute Gasteiger partial charge is 0.537 e. The zero-order valence-corrected chi connectivity index (χ0v) is 14.5.